The summed E-state index contributed by atoms with van der Waals surface area (Å²) >= 11 is 6.18. The fraction of sp³-hybridized carbons (Fsp3) is 0.400. The lowest BCUT2D eigenvalue weighted by molar-refractivity contribution is 0.603. The Morgan fingerprint density at radius 2 is 2.17 bits per heavy atom. The molecule has 0 amide bonds. The summed E-state index contributed by atoms with van der Waals surface area (Å²) in [6.07, 6.45) is 5.62. The average Bonchev–Trinajstić information content (AvgIpc) is 2.79. The molecule has 2 nitrogen and oxygen atoms in total. The largest absolute Gasteiger partial charge is 0.382 e. The van der Waals surface area contributed by atoms with Crippen molar-refractivity contribution in [2.45, 2.75) is 32.2 Å². The molecule has 2 unspecified atom stereocenters. The number of hydrogen-bond donors (Lipinski definition) is 1. The second kappa shape index (κ2) is 4.77. The number of benzene rings is 1. The van der Waals surface area contributed by atoms with Crippen molar-refractivity contribution in [3.8, 4) is 0 Å². The molecule has 0 spiro atoms. The number of nitrogens with zero attached hydrogens (tertiary/aromatic N) is 1. The molecule has 2 atom stereocenters. The van der Waals surface area contributed by atoms with Crippen LogP contribution in [0.25, 0.3) is 10.9 Å². The van der Waals surface area contributed by atoms with Gasteiger partial charge in [0.25, 0.3) is 0 Å². The summed E-state index contributed by atoms with van der Waals surface area (Å²) in [7, 11) is 0. The van der Waals surface area contributed by atoms with Crippen molar-refractivity contribution >= 4 is 28.2 Å². The van der Waals surface area contributed by atoms with Crippen LogP contribution >= 0.6 is 11.6 Å². The molecule has 1 aromatic heterocycles. The van der Waals surface area contributed by atoms with Crippen LogP contribution in [-0.4, -0.2) is 11.0 Å². The molecule has 1 saturated carbocycles. The van der Waals surface area contributed by atoms with Crippen molar-refractivity contribution in [2.24, 2.45) is 5.92 Å². The first-order chi connectivity index (χ1) is 8.74. The highest BCUT2D eigenvalue weighted by Crippen LogP contribution is 2.32. The third kappa shape index (κ3) is 2.17. The van der Waals surface area contributed by atoms with Crippen molar-refractivity contribution in [3.63, 3.8) is 0 Å². The molecule has 0 bridgehead atoms. The number of rotatable bonds is 2. The Hall–Kier alpha value is -1.28. The van der Waals surface area contributed by atoms with Crippen LogP contribution in [0.15, 0.2) is 30.5 Å². The van der Waals surface area contributed by atoms with E-state index < -0.39 is 0 Å². The predicted molar refractivity (Wildman–Crippen MR) is 77.2 cm³/mol. The molecule has 3 heteroatoms. The second-order valence-corrected chi connectivity index (χ2v) is 5.66. The summed E-state index contributed by atoms with van der Waals surface area (Å²) in [6, 6.07) is 8.62. The Bertz CT molecular complexity index is 567. The van der Waals surface area contributed by atoms with Gasteiger partial charge >= 0.3 is 0 Å². The highest BCUT2D eigenvalue weighted by molar-refractivity contribution is 6.35. The summed E-state index contributed by atoms with van der Waals surface area (Å²) in [4.78, 5) is 4.36. The normalized spacial score (nSPS) is 23.4. The summed E-state index contributed by atoms with van der Waals surface area (Å²) < 4.78 is 0. The number of anilines is 1. The van der Waals surface area contributed by atoms with Crippen LogP contribution < -0.4 is 5.32 Å². The molecule has 1 N–H and O–H groups in total. The quantitative estimate of drug-likeness (QED) is 0.861. The third-order valence-corrected chi connectivity index (χ3v) is 4.08. The summed E-state index contributed by atoms with van der Waals surface area (Å²) in [5.41, 5.74) is 2.04. The molecule has 3 rings (SSSR count). The Morgan fingerprint density at radius 3 is 2.94 bits per heavy atom. The second-order valence-electron chi connectivity index (χ2n) is 5.25. The lowest BCUT2D eigenvalue weighted by atomic mass is 10.1. The topological polar surface area (TPSA) is 24.9 Å². The molecule has 0 radical (unpaired) electrons. The number of halogens is 1. The van der Waals surface area contributed by atoms with E-state index in [2.05, 4.69) is 29.4 Å². The Kier molecular flexibility index (Phi) is 3.13. The molecule has 0 aliphatic heterocycles. The minimum Gasteiger partial charge on any atom is -0.382 e. The van der Waals surface area contributed by atoms with E-state index in [9.17, 15) is 0 Å². The maximum absolute atomic E-state index is 6.18. The lowest BCUT2D eigenvalue weighted by Gasteiger charge is -2.16. The zero-order valence-corrected chi connectivity index (χ0v) is 11.2. The fourth-order valence-electron chi connectivity index (χ4n) is 2.82. The molecular weight excluding hydrogens is 244 g/mol. The number of aromatic nitrogens is 1. The maximum atomic E-state index is 6.18. The highest BCUT2D eigenvalue weighted by Gasteiger charge is 2.21. The number of fused-ring (bicyclic) bond motifs is 1. The van der Waals surface area contributed by atoms with Crippen LogP contribution in [0, 0.1) is 5.92 Å². The van der Waals surface area contributed by atoms with E-state index >= 15 is 0 Å². The van der Waals surface area contributed by atoms with Gasteiger partial charge < -0.3 is 5.32 Å². The molecule has 0 saturated heterocycles. The van der Waals surface area contributed by atoms with Gasteiger partial charge in [-0.3, -0.25) is 4.98 Å². The van der Waals surface area contributed by atoms with Gasteiger partial charge in [-0.25, -0.2) is 0 Å². The number of nitrogens with one attached hydrogen (secondary N) is 1. The molecule has 94 valence electrons. The summed E-state index contributed by atoms with van der Waals surface area (Å²) in [5.74, 6) is 0.833. The van der Waals surface area contributed by atoms with Gasteiger partial charge in [-0.2, -0.15) is 0 Å². The zero-order valence-electron chi connectivity index (χ0n) is 10.5. The average molecular weight is 261 g/mol. The predicted octanol–water partition coefficient (Wildman–Crippen LogP) is 4.49. The molecule has 2 aromatic rings. The van der Waals surface area contributed by atoms with Gasteiger partial charge in [0, 0.05) is 23.3 Å². The molecule has 18 heavy (non-hydrogen) atoms. The van der Waals surface area contributed by atoms with Crippen molar-refractivity contribution in [1.29, 1.82) is 0 Å². The van der Waals surface area contributed by atoms with Gasteiger partial charge in [-0.15, -0.1) is 0 Å². The maximum Gasteiger partial charge on any atom is 0.0908 e. The minimum atomic E-state index is 0.588. The van der Waals surface area contributed by atoms with Gasteiger partial charge in [0.1, 0.15) is 0 Å². The highest BCUT2D eigenvalue weighted by atomic mass is 35.5. The Labute approximate surface area is 112 Å². The van der Waals surface area contributed by atoms with Gasteiger partial charge in [0.2, 0.25) is 0 Å². The fourth-order valence-corrected chi connectivity index (χ4v) is 3.04. The summed E-state index contributed by atoms with van der Waals surface area (Å²) in [5, 5.41) is 5.48. The van der Waals surface area contributed by atoms with E-state index in [1.807, 2.05) is 12.1 Å². The molecule has 1 fully saturated rings. The Balaban J connectivity index is 1.95. The summed E-state index contributed by atoms with van der Waals surface area (Å²) in [6.45, 7) is 2.32. The van der Waals surface area contributed by atoms with Crippen molar-refractivity contribution in [2.75, 3.05) is 5.32 Å². The van der Waals surface area contributed by atoms with Crippen molar-refractivity contribution in [3.05, 3.63) is 35.5 Å². The van der Waals surface area contributed by atoms with Gasteiger partial charge in [0.15, 0.2) is 0 Å². The van der Waals surface area contributed by atoms with Crippen LogP contribution in [0.1, 0.15) is 26.2 Å². The van der Waals surface area contributed by atoms with Crippen LogP contribution in [0.4, 0.5) is 5.69 Å². The van der Waals surface area contributed by atoms with E-state index in [1.54, 1.807) is 6.20 Å². The molecule has 1 aromatic carbocycles. The van der Waals surface area contributed by atoms with Gasteiger partial charge in [-0.05, 0) is 49.4 Å². The number of hydrogen-bond acceptors (Lipinski definition) is 2. The first kappa shape index (κ1) is 11.8. The van der Waals surface area contributed by atoms with Crippen LogP contribution in [0.3, 0.4) is 0 Å². The molecule has 1 heterocycles. The van der Waals surface area contributed by atoms with Gasteiger partial charge in [0.05, 0.1) is 10.5 Å². The molecule has 1 aliphatic rings. The van der Waals surface area contributed by atoms with Crippen LogP contribution in [-0.2, 0) is 0 Å². The number of pyridine rings is 1. The van der Waals surface area contributed by atoms with Crippen molar-refractivity contribution < 1.29 is 0 Å². The standard InChI is InChI=1S/C15H17ClN2/c1-10-4-5-11(9-10)18-14-7-6-13(16)15-12(14)3-2-8-17-15/h2-3,6-8,10-11,18H,4-5,9H2,1H3. The zero-order chi connectivity index (χ0) is 12.5. The lowest BCUT2D eigenvalue weighted by Crippen LogP contribution is -2.15. The SMILES string of the molecule is CC1CCC(Nc2ccc(Cl)c3ncccc23)C1. The van der Waals surface area contributed by atoms with Gasteiger partial charge in [-0.1, -0.05) is 18.5 Å². The van der Waals surface area contributed by atoms with Crippen molar-refractivity contribution in [1.82, 2.24) is 4.98 Å². The van der Waals surface area contributed by atoms with Crippen LogP contribution in [0.5, 0.6) is 0 Å². The van der Waals surface area contributed by atoms with E-state index in [0.717, 1.165) is 27.5 Å². The van der Waals surface area contributed by atoms with E-state index in [4.69, 9.17) is 11.6 Å². The first-order valence-electron chi connectivity index (χ1n) is 6.54. The minimum absolute atomic E-state index is 0.588. The van der Waals surface area contributed by atoms with Crippen LogP contribution in [0.2, 0.25) is 5.02 Å². The first-order valence-corrected chi connectivity index (χ1v) is 6.91. The molecule has 1 aliphatic carbocycles. The van der Waals surface area contributed by atoms with E-state index in [1.165, 1.54) is 19.3 Å². The third-order valence-electron chi connectivity index (χ3n) is 3.77. The molecular formula is C15H17ClN2. The Morgan fingerprint density at radius 1 is 1.28 bits per heavy atom. The smallest absolute Gasteiger partial charge is 0.0908 e. The van der Waals surface area contributed by atoms with E-state index in [0.29, 0.717) is 6.04 Å². The van der Waals surface area contributed by atoms with E-state index in [-0.39, 0.29) is 0 Å². The monoisotopic (exact) mass is 260 g/mol.